The van der Waals surface area contributed by atoms with Crippen molar-refractivity contribution in [2.45, 2.75) is 31.7 Å². The van der Waals surface area contributed by atoms with E-state index in [0.717, 1.165) is 24.2 Å². The molecule has 4 rings (SSSR count). The van der Waals surface area contributed by atoms with Crippen LogP contribution in [0.4, 0.5) is 0 Å². The summed E-state index contributed by atoms with van der Waals surface area (Å²) < 4.78 is 5.84. The molecule has 2 aromatic rings. The van der Waals surface area contributed by atoms with Crippen molar-refractivity contribution < 1.29 is 9.21 Å². The third-order valence-corrected chi connectivity index (χ3v) is 5.48. The van der Waals surface area contributed by atoms with E-state index >= 15 is 0 Å². The number of hydrogen-bond acceptors (Lipinski definition) is 4. The molecule has 6 heteroatoms. The van der Waals surface area contributed by atoms with Crippen molar-refractivity contribution in [1.82, 2.24) is 5.32 Å². The lowest BCUT2D eigenvalue weighted by molar-refractivity contribution is -0.115. The van der Waals surface area contributed by atoms with Crippen molar-refractivity contribution in [3.63, 3.8) is 0 Å². The highest BCUT2D eigenvalue weighted by molar-refractivity contribution is 8.18. The number of thioether (sulfide) groups is 1. The molecular weight excluding hydrogens is 356 g/mol. The van der Waals surface area contributed by atoms with E-state index in [0.29, 0.717) is 26.9 Å². The fraction of sp³-hybridized carbons (Fsp3) is 0.263. The van der Waals surface area contributed by atoms with E-state index in [4.69, 9.17) is 16.0 Å². The fourth-order valence-corrected chi connectivity index (χ4v) is 4.02. The van der Waals surface area contributed by atoms with Gasteiger partial charge in [0, 0.05) is 16.7 Å². The van der Waals surface area contributed by atoms with Crippen molar-refractivity contribution in [3.05, 3.63) is 52.1 Å². The number of aliphatic imine (C=N–C) groups is 1. The summed E-state index contributed by atoms with van der Waals surface area (Å²) in [5.41, 5.74) is 0.945. The Kier molecular flexibility index (Phi) is 4.68. The molecule has 1 saturated heterocycles. The molecule has 2 fully saturated rings. The number of nitrogens with zero attached hydrogens (tertiary/aromatic N) is 1. The van der Waals surface area contributed by atoms with Gasteiger partial charge in [0.25, 0.3) is 5.91 Å². The standard InChI is InChI=1S/C19H17ClN2O2S/c20-13-7-5-12(6-8-13)16-10-9-15(24-16)11-17-18(23)22-19(25-17)21-14-3-1-2-4-14/h5-11,14H,1-4H2,(H,21,22,23)/b17-11-. The summed E-state index contributed by atoms with van der Waals surface area (Å²) in [6, 6.07) is 11.6. The van der Waals surface area contributed by atoms with Crippen LogP contribution < -0.4 is 5.32 Å². The van der Waals surface area contributed by atoms with Crippen LogP contribution in [-0.2, 0) is 4.79 Å². The Bertz CT molecular complexity index is 849. The molecule has 0 bridgehead atoms. The lowest BCUT2D eigenvalue weighted by Gasteiger charge is -2.02. The summed E-state index contributed by atoms with van der Waals surface area (Å²) in [4.78, 5) is 17.4. The smallest absolute Gasteiger partial charge is 0.264 e. The molecule has 4 nitrogen and oxygen atoms in total. The minimum absolute atomic E-state index is 0.119. The van der Waals surface area contributed by atoms with E-state index in [1.165, 1.54) is 24.6 Å². The Hall–Kier alpha value is -1.98. The maximum atomic E-state index is 12.1. The van der Waals surface area contributed by atoms with Crippen molar-refractivity contribution in [3.8, 4) is 11.3 Å². The maximum absolute atomic E-state index is 12.1. The predicted octanol–water partition coefficient (Wildman–Crippen LogP) is 5.10. The van der Waals surface area contributed by atoms with E-state index in [9.17, 15) is 4.79 Å². The Morgan fingerprint density at radius 1 is 1.16 bits per heavy atom. The van der Waals surface area contributed by atoms with Crippen molar-refractivity contribution in [2.24, 2.45) is 4.99 Å². The van der Waals surface area contributed by atoms with E-state index in [2.05, 4.69) is 10.3 Å². The molecule has 1 aromatic carbocycles. The van der Waals surface area contributed by atoms with Gasteiger partial charge in [0.1, 0.15) is 11.5 Å². The van der Waals surface area contributed by atoms with Crippen LogP contribution in [0.3, 0.4) is 0 Å². The summed E-state index contributed by atoms with van der Waals surface area (Å²) in [5.74, 6) is 1.27. The number of furan rings is 1. The molecule has 1 saturated carbocycles. The SMILES string of the molecule is O=C1NC(=NC2CCCC2)S/C1=C\c1ccc(-c2ccc(Cl)cc2)o1. The minimum atomic E-state index is -0.119. The second kappa shape index (κ2) is 7.10. The third kappa shape index (κ3) is 3.83. The molecule has 2 aliphatic rings. The molecule has 0 spiro atoms. The van der Waals surface area contributed by atoms with Gasteiger partial charge in [-0.15, -0.1) is 0 Å². The Morgan fingerprint density at radius 3 is 2.68 bits per heavy atom. The Morgan fingerprint density at radius 2 is 1.92 bits per heavy atom. The van der Waals surface area contributed by atoms with E-state index in [1.54, 1.807) is 6.08 Å². The second-order valence-electron chi connectivity index (χ2n) is 6.15. The van der Waals surface area contributed by atoms with Crippen LogP contribution in [0.2, 0.25) is 5.02 Å². The normalized spacial score (nSPS) is 21.4. The predicted molar refractivity (Wildman–Crippen MR) is 103 cm³/mol. The first-order chi connectivity index (χ1) is 12.2. The van der Waals surface area contributed by atoms with E-state index in [-0.39, 0.29) is 5.91 Å². The zero-order chi connectivity index (χ0) is 17.2. The highest BCUT2D eigenvalue weighted by atomic mass is 35.5. The average Bonchev–Trinajstić information content (AvgIpc) is 3.32. The number of carbonyl (C=O) groups excluding carboxylic acids is 1. The molecule has 1 aliphatic heterocycles. The zero-order valence-electron chi connectivity index (χ0n) is 13.5. The molecule has 128 valence electrons. The number of rotatable bonds is 3. The number of nitrogens with one attached hydrogen (secondary N) is 1. The quantitative estimate of drug-likeness (QED) is 0.762. The van der Waals surface area contributed by atoms with Crippen LogP contribution in [-0.4, -0.2) is 17.1 Å². The maximum Gasteiger partial charge on any atom is 0.264 e. The van der Waals surface area contributed by atoms with Crippen LogP contribution in [0.1, 0.15) is 31.4 Å². The topological polar surface area (TPSA) is 54.6 Å². The molecule has 1 N–H and O–H groups in total. The van der Waals surface area contributed by atoms with Crippen LogP contribution >= 0.6 is 23.4 Å². The highest BCUT2D eigenvalue weighted by Gasteiger charge is 2.26. The van der Waals surface area contributed by atoms with Gasteiger partial charge in [-0.3, -0.25) is 9.79 Å². The van der Waals surface area contributed by atoms with Gasteiger partial charge in [0.05, 0.1) is 10.9 Å². The van der Waals surface area contributed by atoms with Gasteiger partial charge in [0.2, 0.25) is 0 Å². The Balaban J connectivity index is 1.51. The molecule has 1 aromatic heterocycles. The molecule has 25 heavy (non-hydrogen) atoms. The molecule has 2 heterocycles. The monoisotopic (exact) mass is 372 g/mol. The van der Waals surface area contributed by atoms with Crippen LogP contribution in [0.15, 0.2) is 50.7 Å². The van der Waals surface area contributed by atoms with Gasteiger partial charge < -0.3 is 9.73 Å². The number of hydrogen-bond donors (Lipinski definition) is 1. The molecule has 0 atom stereocenters. The molecule has 1 aliphatic carbocycles. The largest absolute Gasteiger partial charge is 0.457 e. The zero-order valence-corrected chi connectivity index (χ0v) is 15.1. The minimum Gasteiger partial charge on any atom is -0.457 e. The summed E-state index contributed by atoms with van der Waals surface area (Å²) in [6.45, 7) is 0. The summed E-state index contributed by atoms with van der Waals surface area (Å²) >= 11 is 7.29. The summed E-state index contributed by atoms with van der Waals surface area (Å²) in [7, 11) is 0. The lowest BCUT2D eigenvalue weighted by Crippen LogP contribution is -2.21. The van der Waals surface area contributed by atoms with Crippen LogP contribution in [0.25, 0.3) is 17.4 Å². The number of amides is 1. The van der Waals surface area contributed by atoms with Crippen LogP contribution in [0, 0.1) is 0 Å². The first-order valence-corrected chi connectivity index (χ1v) is 9.51. The van der Waals surface area contributed by atoms with Gasteiger partial charge in [0.15, 0.2) is 5.17 Å². The van der Waals surface area contributed by atoms with Gasteiger partial charge in [-0.2, -0.15) is 0 Å². The molecule has 0 radical (unpaired) electrons. The first kappa shape index (κ1) is 16.5. The molecular formula is C19H17ClN2O2S. The lowest BCUT2D eigenvalue weighted by atomic mass is 10.2. The first-order valence-electron chi connectivity index (χ1n) is 8.32. The van der Waals surface area contributed by atoms with E-state index < -0.39 is 0 Å². The van der Waals surface area contributed by atoms with Gasteiger partial charge in [-0.25, -0.2) is 0 Å². The molecule has 1 amide bonds. The Labute approximate surface area is 155 Å². The second-order valence-corrected chi connectivity index (χ2v) is 7.61. The fourth-order valence-electron chi connectivity index (χ4n) is 3.02. The average molecular weight is 373 g/mol. The van der Waals surface area contributed by atoms with Gasteiger partial charge >= 0.3 is 0 Å². The van der Waals surface area contributed by atoms with Crippen molar-refractivity contribution in [1.29, 1.82) is 0 Å². The highest BCUT2D eigenvalue weighted by Crippen LogP contribution is 2.30. The van der Waals surface area contributed by atoms with Crippen molar-refractivity contribution in [2.75, 3.05) is 0 Å². The molecule has 0 unspecified atom stereocenters. The van der Waals surface area contributed by atoms with Crippen molar-refractivity contribution >= 4 is 40.5 Å². The summed E-state index contributed by atoms with van der Waals surface area (Å²) in [5, 5.41) is 4.23. The number of amidine groups is 1. The number of benzene rings is 1. The summed E-state index contributed by atoms with van der Waals surface area (Å²) in [6.07, 6.45) is 6.44. The number of carbonyl (C=O) groups is 1. The van der Waals surface area contributed by atoms with Gasteiger partial charge in [-0.05, 0) is 61.0 Å². The van der Waals surface area contributed by atoms with Gasteiger partial charge in [-0.1, -0.05) is 24.4 Å². The van der Waals surface area contributed by atoms with Crippen LogP contribution in [0.5, 0.6) is 0 Å². The number of halogens is 1. The third-order valence-electron chi connectivity index (χ3n) is 4.30. The van der Waals surface area contributed by atoms with E-state index in [1.807, 2.05) is 36.4 Å².